The van der Waals surface area contributed by atoms with Gasteiger partial charge in [-0.3, -0.25) is 9.69 Å². The molecule has 0 saturated carbocycles. The summed E-state index contributed by atoms with van der Waals surface area (Å²) in [4.78, 5) is 17.4. The fourth-order valence-electron chi connectivity index (χ4n) is 4.21. The minimum absolute atomic E-state index is 0.102. The first kappa shape index (κ1) is 22.2. The van der Waals surface area contributed by atoms with Crippen LogP contribution in [0.4, 0.5) is 0 Å². The molecular weight excluding hydrogens is 430 g/mol. The van der Waals surface area contributed by atoms with Gasteiger partial charge in [0.2, 0.25) is 5.91 Å². The van der Waals surface area contributed by atoms with E-state index >= 15 is 0 Å². The van der Waals surface area contributed by atoms with Crippen LogP contribution in [-0.2, 0) is 14.8 Å². The SMILES string of the molecule is O=C([C@@H]1CCCN(S(=O)(=O)c2cccs2)C1)N1CCN(C/C=C/c2ccccc2)CC1. The molecular formula is C23H29N3O3S2. The van der Waals surface area contributed by atoms with E-state index < -0.39 is 10.0 Å². The quantitative estimate of drug-likeness (QED) is 0.666. The van der Waals surface area contributed by atoms with Crippen LogP contribution in [-0.4, -0.2) is 74.2 Å². The monoisotopic (exact) mass is 459 g/mol. The number of rotatable bonds is 6. The van der Waals surface area contributed by atoms with Gasteiger partial charge in [-0.1, -0.05) is 48.6 Å². The largest absolute Gasteiger partial charge is 0.340 e. The standard InChI is InChI=1S/C23H29N3O3S2/c27-23(21-10-5-13-26(19-21)31(28,29)22-11-6-18-30-22)25-16-14-24(15-17-25)12-4-9-20-7-2-1-3-8-20/h1-4,6-9,11,18,21H,5,10,12-17,19H2/b9-4+/t21-/m1/s1. The van der Waals surface area contributed by atoms with E-state index in [1.807, 2.05) is 23.1 Å². The van der Waals surface area contributed by atoms with Crippen LogP contribution in [0.25, 0.3) is 6.08 Å². The van der Waals surface area contributed by atoms with Crippen molar-refractivity contribution >= 4 is 33.3 Å². The zero-order chi connectivity index (χ0) is 21.7. The minimum atomic E-state index is -3.49. The van der Waals surface area contributed by atoms with Gasteiger partial charge in [0.25, 0.3) is 10.0 Å². The van der Waals surface area contributed by atoms with Crippen molar-refractivity contribution in [1.29, 1.82) is 0 Å². The number of thiophene rings is 1. The Morgan fingerprint density at radius 2 is 1.81 bits per heavy atom. The summed E-state index contributed by atoms with van der Waals surface area (Å²) >= 11 is 1.23. The first-order valence-corrected chi connectivity index (χ1v) is 13.1. The van der Waals surface area contributed by atoms with E-state index in [0.29, 0.717) is 30.4 Å². The van der Waals surface area contributed by atoms with Gasteiger partial charge in [0.15, 0.2) is 0 Å². The highest BCUT2D eigenvalue weighted by atomic mass is 32.2. The van der Waals surface area contributed by atoms with E-state index in [1.165, 1.54) is 21.2 Å². The molecule has 3 heterocycles. The van der Waals surface area contributed by atoms with Crippen molar-refractivity contribution in [2.45, 2.75) is 17.1 Å². The second-order valence-electron chi connectivity index (χ2n) is 8.07. The normalized spacial score (nSPS) is 21.5. The van der Waals surface area contributed by atoms with Gasteiger partial charge in [0.05, 0.1) is 5.92 Å². The molecule has 0 spiro atoms. The predicted molar refractivity (Wildman–Crippen MR) is 124 cm³/mol. The van der Waals surface area contributed by atoms with Crippen LogP contribution in [0.5, 0.6) is 0 Å². The molecule has 0 radical (unpaired) electrons. The van der Waals surface area contributed by atoms with Gasteiger partial charge in [-0.15, -0.1) is 11.3 Å². The van der Waals surface area contributed by atoms with E-state index in [9.17, 15) is 13.2 Å². The maximum Gasteiger partial charge on any atom is 0.252 e. The van der Waals surface area contributed by atoms with Crippen molar-refractivity contribution in [1.82, 2.24) is 14.1 Å². The molecule has 0 aliphatic carbocycles. The van der Waals surface area contributed by atoms with Crippen molar-refractivity contribution < 1.29 is 13.2 Å². The maximum absolute atomic E-state index is 13.1. The molecule has 0 bridgehead atoms. The Labute approximate surface area is 188 Å². The summed E-state index contributed by atoms with van der Waals surface area (Å²) in [6, 6.07) is 13.6. The molecule has 6 nitrogen and oxygen atoms in total. The fraction of sp³-hybridized carbons (Fsp3) is 0.435. The molecule has 1 aromatic carbocycles. The summed E-state index contributed by atoms with van der Waals surface area (Å²) in [6.45, 7) is 4.74. The Kier molecular flexibility index (Phi) is 7.22. The van der Waals surface area contributed by atoms with E-state index in [-0.39, 0.29) is 11.8 Å². The summed E-state index contributed by atoms with van der Waals surface area (Å²) in [7, 11) is -3.49. The van der Waals surface area contributed by atoms with E-state index in [1.54, 1.807) is 17.5 Å². The maximum atomic E-state index is 13.1. The molecule has 1 atom stereocenters. The molecule has 166 valence electrons. The third-order valence-electron chi connectivity index (χ3n) is 5.98. The van der Waals surface area contributed by atoms with Crippen molar-refractivity contribution in [3.63, 3.8) is 0 Å². The van der Waals surface area contributed by atoms with Crippen molar-refractivity contribution in [2.75, 3.05) is 45.8 Å². The van der Waals surface area contributed by atoms with Crippen LogP contribution in [0.15, 0.2) is 58.1 Å². The van der Waals surface area contributed by atoms with E-state index in [4.69, 9.17) is 0 Å². The van der Waals surface area contributed by atoms with Gasteiger partial charge in [0.1, 0.15) is 4.21 Å². The molecule has 2 aliphatic rings. The number of nitrogens with zero attached hydrogens (tertiary/aromatic N) is 3. The molecule has 1 aromatic heterocycles. The van der Waals surface area contributed by atoms with Crippen LogP contribution in [0, 0.1) is 5.92 Å². The highest BCUT2D eigenvalue weighted by molar-refractivity contribution is 7.91. The Morgan fingerprint density at radius 3 is 2.52 bits per heavy atom. The number of amides is 1. The molecule has 4 rings (SSSR count). The minimum Gasteiger partial charge on any atom is -0.340 e. The average molecular weight is 460 g/mol. The third kappa shape index (κ3) is 5.44. The zero-order valence-corrected chi connectivity index (χ0v) is 19.2. The van der Waals surface area contributed by atoms with Crippen LogP contribution < -0.4 is 0 Å². The number of piperidine rings is 1. The Bertz CT molecular complexity index is 982. The highest BCUT2D eigenvalue weighted by Crippen LogP contribution is 2.27. The predicted octanol–water partition coefficient (Wildman–Crippen LogP) is 3.01. The molecule has 2 aliphatic heterocycles. The second kappa shape index (κ2) is 10.1. The number of carbonyl (C=O) groups is 1. The lowest BCUT2D eigenvalue weighted by atomic mass is 9.98. The average Bonchev–Trinajstić information content (AvgIpc) is 3.36. The molecule has 31 heavy (non-hydrogen) atoms. The summed E-state index contributed by atoms with van der Waals surface area (Å²) in [5.74, 6) is -0.140. The van der Waals surface area contributed by atoms with Crippen LogP contribution in [0.3, 0.4) is 0 Å². The van der Waals surface area contributed by atoms with Crippen LogP contribution in [0.1, 0.15) is 18.4 Å². The number of sulfonamides is 1. The van der Waals surface area contributed by atoms with E-state index in [0.717, 1.165) is 32.5 Å². The Morgan fingerprint density at radius 1 is 1.03 bits per heavy atom. The number of carbonyl (C=O) groups excluding carboxylic acids is 1. The molecule has 8 heteroatoms. The molecule has 0 N–H and O–H groups in total. The van der Waals surface area contributed by atoms with Gasteiger partial charge in [-0.25, -0.2) is 8.42 Å². The lowest BCUT2D eigenvalue weighted by molar-refractivity contribution is -0.138. The van der Waals surface area contributed by atoms with Crippen LogP contribution >= 0.6 is 11.3 Å². The Hall–Kier alpha value is -2.00. The fourth-order valence-corrected chi connectivity index (χ4v) is 6.88. The van der Waals surface area contributed by atoms with E-state index in [2.05, 4.69) is 29.2 Å². The highest BCUT2D eigenvalue weighted by Gasteiger charge is 2.36. The topological polar surface area (TPSA) is 60.9 Å². The van der Waals surface area contributed by atoms with Crippen LogP contribution in [0.2, 0.25) is 0 Å². The first-order valence-electron chi connectivity index (χ1n) is 10.8. The smallest absolute Gasteiger partial charge is 0.252 e. The molecule has 2 fully saturated rings. The summed E-state index contributed by atoms with van der Waals surface area (Å²) in [5, 5.41) is 1.77. The number of benzene rings is 1. The number of hydrogen-bond donors (Lipinski definition) is 0. The van der Waals surface area contributed by atoms with Gasteiger partial charge < -0.3 is 4.90 Å². The first-order chi connectivity index (χ1) is 15.0. The number of hydrogen-bond acceptors (Lipinski definition) is 5. The lowest BCUT2D eigenvalue weighted by Crippen LogP contribution is -2.52. The van der Waals surface area contributed by atoms with Crippen molar-refractivity contribution in [2.24, 2.45) is 5.92 Å². The zero-order valence-electron chi connectivity index (χ0n) is 17.6. The van der Waals surface area contributed by atoms with Gasteiger partial charge in [0, 0.05) is 45.8 Å². The summed E-state index contributed by atoms with van der Waals surface area (Å²) in [5.41, 5.74) is 1.19. The summed E-state index contributed by atoms with van der Waals surface area (Å²) < 4.78 is 27.5. The molecule has 2 aromatic rings. The Balaban J connectivity index is 1.28. The molecule has 2 saturated heterocycles. The third-order valence-corrected chi connectivity index (χ3v) is 9.22. The lowest BCUT2D eigenvalue weighted by Gasteiger charge is -2.38. The van der Waals surface area contributed by atoms with Crippen molar-refractivity contribution in [3.8, 4) is 0 Å². The van der Waals surface area contributed by atoms with Crippen molar-refractivity contribution in [3.05, 3.63) is 59.5 Å². The van der Waals surface area contributed by atoms with Gasteiger partial charge in [-0.2, -0.15) is 4.31 Å². The second-order valence-corrected chi connectivity index (χ2v) is 11.2. The van der Waals surface area contributed by atoms with Gasteiger partial charge in [-0.05, 0) is 29.9 Å². The van der Waals surface area contributed by atoms with Gasteiger partial charge >= 0.3 is 0 Å². The summed E-state index contributed by atoms with van der Waals surface area (Å²) in [6.07, 6.45) is 5.78. The number of piperazine rings is 1. The molecule has 1 amide bonds. The molecule has 0 unspecified atom stereocenters.